The van der Waals surface area contributed by atoms with Crippen LogP contribution in [0.5, 0.6) is 11.5 Å². The summed E-state index contributed by atoms with van der Waals surface area (Å²) in [5.74, 6) is 0.721. The van der Waals surface area contributed by atoms with Crippen molar-refractivity contribution >= 4 is 23.2 Å². The number of aryl methyl sites for hydroxylation is 1. The van der Waals surface area contributed by atoms with Crippen molar-refractivity contribution in [1.82, 2.24) is 0 Å². The lowest BCUT2D eigenvalue weighted by Gasteiger charge is -2.13. The van der Waals surface area contributed by atoms with Crippen molar-refractivity contribution in [1.29, 1.82) is 0 Å². The molecule has 2 aromatic rings. The summed E-state index contributed by atoms with van der Waals surface area (Å²) in [4.78, 5) is 4.14. The number of nitrogens with two attached hydrogens (primary N) is 1. The maximum Gasteiger partial charge on any atom is 0.422 e. The molecule has 0 unspecified atom stereocenters. The van der Waals surface area contributed by atoms with E-state index in [2.05, 4.69) is 10.3 Å². The van der Waals surface area contributed by atoms with Crippen molar-refractivity contribution in [3.63, 3.8) is 0 Å². The van der Waals surface area contributed by atoms with Gasteiger partial charge < -0.3 is 20.5 Å². The van der Waals surface area contributed by atoms with E-state index in [-0.39, 0.29) is 18.3 Å². The van der Waals surface area contributed by atoms with Crippen molar-refractivity contribution in [3.05, 3.63) is 52.5 Å². The standard InChI is InChI=1S/C18H19ClF3N3O2/c1-11-3-4-12(16(7-11)27-10-18(20,21)22)9-24-17(23)25-13-5-6-15(26-2)14(19)8-13/h3-8H,9-10H2,1-2H3,(H3,23,24,25). The molecule has 0 fully saturated rings. The zero-order valence-corrected chi connectivity index (χ0v) is 15.5. The lowest BCUT2D eigenvalue weighted by Crippen LogP contribution is -2.23. The van der Waals surface area contributed by atoms with E-state index in [1.165, 1.54) is 13.2 Å². The molecule has 0 amide bonds. The van der Waals surface area contributed by atoms with Gasteiger partial charge in [0.1, 0.15) is 11.5 Å². The van der Waals surface area contributed by atoms with Crippen LogP contribution in [0, 0.1) is 6.92 Å². The fraction of sp³-hybridized carbons (Fsp3) is 0.278. The van der Waals surface area contributed by atoms with E-state index in [0.29, 0.717) is 22.0 Å². The first-order chi connectivity index (χ1) is 12.7. The summed E-state index contributed by atoms with van der Waals surface area (Å²) in [6.45, 7) is 0.443. The SMILES string of the molecule is COc1ccc(NC(N)=NCc2ccc(C)cc2OCC(F)(F)F)cc1Cl. The van der Waals surface area contributed by atoms with Crippen LogP contribution in [0.3, 0.4) is 0 Å². The van der Waals surface area contributed by atoms with E-state index >= 15 is 0 Å². The number of halogens is 4. The smallest absolute Gasteiger partial charge is 0.422 e. The number of rotatable bonds is 6. The Morgan fingerprint density at radius 1 is 1.19 bits per heavy atom. The van der Waals surface area contributed by atoms with Crippen molar-refractivity contribution in [2.45, 2.75) is 19.6 Å². The topological polar surface area (TPSA) is 68.9 Å². The van der Waals surface area contributed by atoms with Crippen LogP contribution in [0.1, 0.15) is 11.1 Å². The van der Waals surface area contributed by atoms with E-state index in [0.717, 1.165) is 5.56 Å². The van der Waals surface area contributed by atoms with Crippen LogP contribution < -0.4 is 20.5 Å². The van der Waals surface area contributed by atoms with Crippen molar-refractivity contribution in [2.75, 3.05) is 19.0 Å². The number of methoxy groups -OCH3 is 1. The normalized spacial score (nSPS) is 12.0. The molecular formula is C18H19ClF3N3O2. The van der Waals surface area contributed by atoms with Crippen molar-refractivity contribution < 1.29 is 22.6 Å². The molecule has 0 atom stereocenters. The largest absolute Gasteiger partial charge is 0.495 e. The predicted molar refractivity (Wildman–Crippen MR) is 99.7 cm³/mol. The lowest BCUT2D eigenvalue weighted by molar-refractivity contribution is -0.153. The molecule has 0 bridgehead atoms. The zero-order chi connectivity index (χ0) is 20.0. The number of nitrogens with one attached hydrogen (secondary N) is 1. The van der Waals surface area contributed by atoms with E-state index in [1.807, 2.05) is 0 Å². The van der Waals surface area contributed by atoms with Crippen LogP contribution in [0.2, 0.25) is 5.02 Å². The number of hydrogen-bond donors (Lipinski definition) is 2. The van der Waals surface area contributed by atoms with Crippen LogP contribution >= 0.6 is 11.6 Å². The number of benzene rings is 2. The Balaban J connectivity index is 2.08. The van der Waals surface area contributed by atoms with Gasteiger partial charge in [-0.25, -0.2) is 4.99 Å². The molecule has 0 aliphatic heterocycles. The molecule has 0 aromatic heterocycles. The van der Waals surface area contributed by atoms with Gasteiger partial charge in [0.05, 0.1) is 18.7 Å². The number of anilines is 1. The molecule has 0 radical (unpaired) electrons. The van der Waals surface area contributed by atoms with Gasteiger partial charge in [-0.2, -0.15) is 13.2 Å². The van der Waals surface area contributed by atoms with Gasteiger partial charge in [0.25, 0.3) is 0 Å². The van der Waals surface area contributed by atoms with E-state index in [9.17, 15) is 13.2 Å². The van der Waals surface area contributed by atoms with Crippen LogP contribution in [0.25, 0.3) is 0 Å². The second-order valence-electron chi connectivity index (χ2n) is 5.69. The highest BCUT2D eigenvalue weighted by Gasteiger charge is 2.28. The molecule has 0 spiro atoms. The first kappa shape index (κ1) is 20.7. The van der Waals surface area contributed by atoms with Crippen LogP contribution in [0.15, 0.2) is 41.4 Å². The number of hydrogen-bond acceptors (Lipinski definition) is 3. The third kappa shape index (κ3) is 6.56. The van der Waals surface area contributed by atoms with Crippen molar-refractivity contribution in [3.8, 4) is 11.5 Å². The average molecular weight is 402 g/mol. The Kier molecular flexibility index (Phi) is 6.79. The Morgan fingerprint density at radius 2 is 1.93 bits per heavy atom. The number of aliphatic imine (C=N–C) groups is 1. The molecule has 146 valence electrons. The van der Waals surface area contributed by atoms with Gasteiger partial charge in [0, 0.05) is 11.3 Å². The minimum absolute atomic E-state index is 0.0518. The summed E-state index contributed by atoms with van der Waals surface area (Å²) in [5.41, 5.74) is 7.70. The average Bonchev–Trinajstić information content (AvgIpc) is 2.58. The predicted octanol–water partition coefficient (Wildman–Crippen LogP) is 4.52. The highest BCUT2D eigenvalue weighted by Crippen LogP contribution is 2.27. The second-order valence-corrected chi connectivity index (χ2v) is 6.10. The molecule has 0 saturated heterocycles. The zero-order valence-electron chi connectivity index (χ0n) is 14.7. The molecule has 0 aliphatic rings. The number of nitrogens with zero attached hydrogens (tertiary/aromatic N) is 1. The van der Waals surface area contributed by atoms with Gasteiger partial charge >= 0.3 is 6.18 Å². The minimum atomic E-state index is -4.42. The Bertz CT molecular complexity index is 826. The summed E-state index contributed by atoms with van der Waals surface area (Å²) < 4.78 is 47.2. The fourth-order valence-corrected chi connectivity index (χ4v) is 2.45. The van der Waals surface area contributed by atoms with E-state index in [1.54, 1.807) is 37.3 Å². The number of alkyl halides is 3. The molecule has 27 heavy (non-hydrogen) atoms. The second kappa shape index (κ2) is 8.85. The Hall–Kier alpha value is -2.61. The van der Waals surface area contributed by atoms with Gasteiger partial charge in [0.2, 0.25) is 0 Å². The molecule has 2 rings (SSSR count). The monoisotopic (exact) mass is 401 g/mol. The highest BCUT2D eigenvalue weighted by atomic mass is 35.5. The van der Waals surface area contributed by atoms with Gasteiger partial charge in [-0.3, -0.25) is 0 Å². The summed E-state index contributed by atoms with van der Waals surface area (Å²) in [5, 5.41) is 3.26. The molecule has 9 heteroatoms. The lowest BCUT2D eigenvalue weighted by atomic mass is 10.1. The summed E-state index contributed by atoms with van der Waals surface area (Å²) >= 11 is 6.04. The van der Waals surface area contributed by atoms with Gasteiger partial charge in [-0.05, 0) is 36.8 Å². The van der Waals surface area contributed by atoms with Gasteiger partial charge in [-0.15, -0.1) is 0 Å². The summed E-state index contributed by atoms with van der Waals surface area (Å²) in [7, 11) is 1.50. The van der Waals surface area contributed by atoms with E-state index < -0.39 is 12.8 Å². The first-order valence-electron chi connectivity index (χ1n) is 7.87. The van der Waals surface area contributed by atoms with Crippen LogP contribution in [-0.2, 0) is 6.54 Å². The molecule has 0 heterocycles. The Labute approximate surface area is 159 Å². The Morgan fingerprint density at radius 3 is 2.56 bits per heavy atom. The number of guanidine groups is 1. The molecule has 2 aromatic carbocycles. The number of ether oxygens (including phenoxy) is 2. The molecule has 3 N–H and O–H groups in total. The quantitative estimate of drug-likeness (QED) is 0.551. The molecule has 0 aliphatic carbocycles. The summed E-state index contributed by atoms with van der Waals surface area (Å²) in [6, 6.07) is 9.94. The molecule has 5 nitrogen and oxygen atoms in total. The first-order valence-corrected chi connectivity index (χ1v) is 8.25. The van der Waals surface area contributed by atoms with Gasteiger partial charge in [-0.1, -0.05) is 23.7 Å². The van der Waals surface area contributed by atoms with Crippen molar-refractivity contribution in [2.24, 2.45) is 10.7 Å². The van der Waals surface area contributed by atoms with Gasteiger partial charge in [0.15, 0.2) is 12.6 Å². The minimum Gasteiger partial charge on any atom is -0.495 e. The maximum absolute atomic E-state index is 12.4. The maximum atomic E-state index is 12.4. The molecule has 0 saturated carbocycles. The summed E-state index contributed by atoms with van der Waals surface area (Å²) in [6.07, 6.45) is -4.42. The van der Waals surface area contributed by atoms with Crippen LogP contribution in [-0.4, -0.2) is 25.9 Å². The van der Waals surface area contributed by atoms with Crippen LogP contribution in [0.4, 0.5) is 18.9 Å². The van der Waals surface area contributed by atoms with E-state index in [4.69, 9.17) is 26.8 Å². The fourth-order valence-electron chi connectivity index (χ4n) is 2.19. The third-order valence-corrected chi connectivity index (χ3v) is 3.75. The molecular weight excluding hydrogens is 383 g/mol. The third-order valence-electron chi connectivity index (χ3n) is 3.46. The highest BCUT2D eigenvalue weighted by molar-refractivity contribution is 6.32.